The van der Waals surface area contributed by atoms with E-state index in [1.807, 2.05) is 38.1 Å². The monoisotopic (exact) mass is 342 g/mol. The molecule has 25 heavy (non-hydrogen) atoms. The molecule has 2 aliphatic rings. The highest BCUT2D eigenvalue weighted by atomic mass is 16.5. The second-order valence-electron chi connectivity index (χ2n) is 6.79. The molecule has 0 radical (unpaired) electrons. The summed E-state index contributed by atoms with van der Waals surface area (Å²) in [7, 11) is 0. The molecule has 0 unspecified atom stereocenters. The summed E-state index contributed by atoms with van der Waals surface area (Å²) in [5.74, 6) is 1.06. The Morgan fingerprint density at radius 3 is 2.60 bits per heavy atom. The van der Waals surface area contributed by atoms with Crippen LogP contribution in [0.4, 0.5) is 5.69 Å². The van der Waals surface area contributed by atoms with Gasteiger partial charge in [0.2, 0.25) is 5.91 Å². The molecule has 3 rings (SSSR count). The summed E-state index contributed by atoms with van der Waals surface area (Å²) in [4.78, 5) is 24.3. The zero-order chi connectivity index (χ0) is 17.8. The Bertz CT molecular complexity index is 675. The van der Waals surface area contributed by atoms with E-state index in [2.05, 4.69) is 10.6 Å². The number of nitrogens with one attached hydrogen (secondary N) is 2. The van der Waals surface area contributed by atoms with Gasteiger partial charge in [-0.2, -0.15) is 0 Å². The van der Waals surface area contributed by atoms with Crippen molar-refractivity contribution in [3.05, 3.63) is 41.2 Å². The van der Waals surface area contributed by atoms with Gasteiger partial charge in [-0.05, 0) is 50.3 Å². The molecule has 2 N–H and O–H groups in total. The number of ether oxygens (including phenoxy) is 1. The minimum Gasteiger partial charge on any atom is -0.497 e. The van der Waals surface area contributed by atoms with E-state index in [0.717, 1.165) is 54.7 Å². The lowest BCUT2D eigenvalue weighted by atomic mass is 10.0. The highest BCUT2D eigenvalue weighted by molar-refractivity contribution is 5.94. The van der Waals surface area contributed by atoms with Crippen LogP contribution in [-0.4, -0.2) is 18.4 Å². The Morgan fingerprint density at radius 1 is 1.24 bits per heavy atom. The van der Waals surface area contributed by atoms with Crippen LogP contribution < -0.4 is 10.6 Å². The van der Waals surface area contributed by atoms with E-state index < -0.39 is 0 Å². The maximum absolute atomic E-state index is 12.5. The number of allylic oxidation sites excluding steroid dienone is 1. The molecule has 1 fully saturated rings. The summed E-state index contributed by atoms with van der Waals surface area (Å²) in [5.41, 5.74) is 2.58. The summed E-state index contributed by atoms with van der Waals surface area (Å²) >= 11 is 0. The predicted molar refractivity (Wildman–Crippen MR) is 96.9 cm³/mol. The van der Waals surface area contributed by atoms with Gasteiger partial charge in [-0.3, -0.25) is 9.59 Å². The van der Waals surface area contributed by atoms with Crippen molar-refractivity contribution >= 4 is 17.5 Å². The van der Waals surface area contributed by atoms with Gasteiger partial charge >= 0.3 is 0 Å². The molecule has 1 heterocycles. The first-order chi connectivity index (χ1) is 12.1. The number of rotatable bonds is 6. The largest absolute Gasteiger partial charge is 0.497 e. The van der Waals surface area contributed by atoms with E-state index in [1.165, 1.54) is 0 Å². The van der Waals surface area contributed by atoms with Crippen molar-refractivity contribution in [2.45, 2.75) is 52.0 Å². The Morgan fingerprint density at radius 2 is 1.96 bits per heavy atom. The molecule has 1 aliphatic heterocycles. The van der Waals surface area contributed by atoms with Gasteiger partial charge in [0.1, 0.15) is 5.76 Å². The van der Waals surface area contributed by atoms with Crippen LogP contribution in [0.2, 0.25) is 0 Å². The number of anilines is 1. The average Bonchev–Trinajstić information content (AvgIpc) is 3.47. The van der Waals surface area contributed by atoms with E-state index in [-0.39, 0.29) is 23.8 Å². The van der Waals surface area contributed by atoms with Crippen molar-refractivity contribution in [1.82, 2.24) is 5.32 Å². The maximum atomic E-state index is 12.5. The second-order valence-corrected chi connectivity index (χ2v) is 6.79. The van der Waals surface area contributed by atoms with Gasteiger partial charge in [-0.1, -0.05) is 19.1 Å². The van der Waals surface area contributed by atoms with Crippen molar-refractivity contribution in [2.24, 2.45) is 5.92 Å². The zero-order valence-electron chi connectivity index (χ0n) is 14.9. The van der Waals surface area contributed by atoms with Gasteiger partial charge in [0.25, 0.3) is 5.91 Å². The average molecular weight is 342 g/mol. The number of amides is 2. The molecular formula is C20H26N2O3. The number of carbonyl (C=O) groups excluding carboxylic acids is 2. The Kier molecular flexibility index (Phi) is 5.41. The molecule has 1 aromatic rings. The summed E-state index contributed by atoms with van der Waals surface area (Å²) in [6.07, 6.45) is 4.38. The summed E-state index contributed by atoms with van der Waals surface area (Å²) in [6.45, 7) is 4.67. The fourth-order valence-corrected chi connectivity index (χ4v) is 3.04. The summed E-state index contributed by atoms with van der Waals surface area (Å²) in [6, 6.07) is 7.56. The van der Waals surface area contributed by atoms with Gasteiger partial charge in [-0.15, -0.1) is 0 Å². The van der Waals surface area contributed by atoms with Crippen LogP contribution in [0.3, 0.4) is 0 Å². The van der Waals surface area contributed by atoms with E-state index in [1.54, 1.807) is 0 Å². The lowest BCUT2D eigenvalue weighted by Crippen LogP contribution is -2.30. The van der Waals surface area contributed by atoms with E-state index in [9.17, 15) is 9.59 Å². The van der Waals surface area contributed by atoms with Crippen LogP contribution in [0.5, 0.6) is 0 Å². The van der Waals surface area contributed by atoms with Crippen LogP contribution in [0.25, 0.3) is 0 Å². The highest BCUT2D eigenvalue weighted by Gasteiger charge is 2.29. The minimum absolute atomic E-state index is 0.0461. The van der Waals surface area contributed by atoms with Crippen molar-refractivity contribution in [3.8, 4) is 0 Å². The lowest BCUT2D eigenvalue weighted by molar-refractivity contribution is -0.119. The molecule has 5 heteroatoms. The van der Waals surface area contributed by atoms with Gasteiger partial charge < -0.3 is 15.4 Å². The molecule has 1 aromatic carbocycles. The maximum Gasteiger partial charge on any atom is 0.251 e. The van der Waals surface area contributed by atoms with E-state index in [4.69, 9.17) is 4.74 Å². The van der Waals surface area contributed by atoms with E-state index >= 15 is 0 Å². The molecule has 0 spiro atoms. The third kappa shape index (κ3) is 4.41. The Balaban J connectivity index is 1.60. The van der Waals surface area contributed by atoms with Crippen LogP contribution in [-0.2, 0) is 14.3 Å². The molecule has 0 saturated heterocycles. The lowest BCUT2D eigenvalue weighted by Gasteiger charge is -2.22. The molecule has 1 aliphatic carbocycles. The Labute approximate surface area is 148 Å². The number of hydrogen-bond acceptors (Lipinski definition) is 3. The topological polar surface area (TPSA) is 67.4 Å². The van der Waals surface area contributed by atoms with Crippen molar-refractivity contribution in [3.63, 3.8) is 0 Å². The van der Waals surface area contributed by atoms with Gasteiger partial charge in [0.15, 0.2) is 0 Å². The predicted octanol–water partition coefficient (Wildman–Crippen LogP) is 3.69. The first-order valence-electron chi connectivity index (χ1n) is 9.15. The second kappa shape index (κ2) is 7.72. The SMILES string of the molecule is CCC1=C(C(=O)N[C@@H](C)c2ccc(NC(=O)C3CC3)cc2)CCCO1. The zero-order valence-corrected chi connectivity index (χ0v) is 14.9. The minimum atomic E-state index is -0.104. The van der Waals surface area contributed by atoms with Gasteiger partial charge in [0.05, 0.1) is 18.2 Å². The van der Waals surface area contributed by atoms with Crippen LogP contribution >= 0.6 is 0 Å². The fraction of sp³-hybridized carbons (Fsp3) is 0.500. The number of hydrogen-bond donors (Lipinski definition) is 2. The van der Waals surface area contributed by atoms with E-state index in [0.29, 0.717) is 6.61 Å². The van der Waals surface area contributed by atoms with Gasteiger partial charge in [0, 0.05) is 18.0 Å². The first-order valence-corrected chi connectivity index (χ1v) is 9.15. The highest BCUT2D eigenvalue weighted by Crippen LogP contribution is 2.30. The van der Waals surface area contributed by atoms with Crippen molar-refractivity contribution in [1.29, 1.82) is 0 Å². The van der Waals surface area contributed by atoms with Crippen LogP contribution in [0, 0.1) is 5.92 Å². The van der Waals surface area contributed by atoms with Crippen molar-refractivity contribution < 1.29 is 14.3 Å². The van der Waals surface area contributed by atoms with Crippen molar-refractivity contribution in [2.75, 3.05) is 11.9 Å². The summed E-state index contributed by atoms with van der Waals surface area (Å²) < 4.78 is 5.60. The standard InChI is InChI=1S/C20H26N2O3/c1-3-18-17(5-4-12-25-18)20(24)21-13(2)14-8-10-16(11-9-14)22-19(23)15-6-7-15/h8-11,13,15H,3-7,12H2,1-2H3,(H,21,24)(H,22,23)/t13-/m0/s1. The van der Waals surface area contributed by atoms with Crippen LogP contribution in [0.1, 0.15) is 57.6 Å². The fourth-order valence-electron chi connectivity index (χ4n) is 3.04. The molecule has 134 valence electrons. The molecule has 5 nitrogen and oxygen atoms in total. The normalized spacial score (nSPS) is 18.3. The molecule has 0 bridgehead atoms. The summed E-state index contributed by atoms with van der Waals surface area (Å²) in [5, 5.41) is 5.98. The molecular weight excluding hydrogens is 316 g/mol. The van der Waals surface area contributed by atoms with Gasteiger partial charge in [-0.25, -0.2) is 0 Å². The molecule has 2 amide bonds. The Hall–Kier alpha value is -2.30. The van der Waals surface area contributed by atoms with Crippen LogP contribution in [0.15, 0.2) is 35.6 Å². The third-order valence-electron chi connectivity index (χ3n) is 4.75. The smallest absolute Gasteiger partial charge is 0.251 e. The molecule has 1 atom stereocenters. The third-order valence-corrected chi connectivity index (χ3v) is 4.75. The first kappa shape index (κ1) is 17.5. The molecule has 0 aromatic heterocycles. The molecule has 1 saturated carbocycles. The quantitative estimate of drug-likeness (QED) is 0.828. The number of benzene rings is 1. The number of carbonyl (C=O) groups is 2.